The number of nitrogens with one attached hydrogen (secondary N) is 1. The number of hydrogen-bond donors (Lipinski definition) is 3. The SMILES string of the molecule is CC(C)CNC(=O)CN(C)c1cc(C(N)=O)ccc1N. The van der Waals surface area contributed by atoms with Crippen LogP contribution in [0.25, 0.3) is 0 Å². The van der Waals surface area contributed by atoms with Gasteiger partial charge >= 0.3 is 0 Å². The van der Waals surface area contributed by atoms with E-state index in [1.165, 1.54) is 0 Å². The Kier molecular flexibility index (Phi) is 5.37. The lowest BCUT2D eigenvalue weighted by atomic mass is 10.1. The first-order valence-corrected chi connectivity index (χ1v) is 6.48. The Morgan fingerprint density at radius 3 is 2.55 bits per heavy atom. The zero-order valence-corrected chi connectivity index (χ0v) is 12.1. The molecule has 20 heavy (non-hydrogen) atoms. The van der Waals surface area contributed by atoms with E-state index < -0.39 is 5.91 Å². The Morgan fingerprint density at radius 1 is 1.35 bits per heavy atom. The van der Waals surface area contributed by atoms with Crippen LogP contribution in [0.2, 0.25) is 0 Å². The Bertz CT molecular complexity index is 500. The number of amides is 2. The van der Waals surface area contributed by atoms with Gasteiger partial charge < -0.3 is 21.7 Å². The van der Waals surface area contributed by atoms with Gasteiger partial charge in [0.15, 0.2) is 0 Å². The molecule has 0 saturated heterocycles. The lowest BCUT2D eigenvalue weighted by Gasteiger charge is -2.21. The van der Waals surface area contributed by atoms with Gasteiger partial charge in [-0.3, -0.25) is 9.59 Å². The quantitative estimate of drug-likeness (QED) is 0.662. The second-order valence-electron chi connectivity index (χ2n) is 5.19. The number of benzene rings is 1. The molecular weight excluding hydrogens is 256 g/mol. The van der Waals surface area contributed by atoms with E-state index in [2.05, 4.69) is 5.32 Å². The molecule has 1 aromatic carbocycles. The van der Waals surface area contributed by atoms with Gasteiger partial charge in [0.1, 0.15) is 0 Å². The molecule has 0 unspecified atom stereocenters. The molecule has 0 atom stereocenters. The van der Waals surface area contributed by atoms with Crippen molar-refractivity contribution in [2.75, 3.05) is 30.8 Å². The van der Waals surface area contributed by atoms with Gasteiger partial charge in [0.05, 0.1) is 17.9 Å². The molecule has 0 spiro atoms. The summed E-state index contributed by atoms with van der Waals surface area (Å²) in [5.74, 6) is -0.221. The number of likely N-dealkylation sites (N-methyl/N-ethyl adjacent to an activating group) is 1. The van der Waals surface area contributed by atoms with Crippen molar-refractivity contribution < 1.29 is 9.59 Å². The van der Waals surface area contributed by atoms with Gasteiger partial charge in [0.2, 0.25) is 11.8 Å². The summed E-state index contributed by atoms with van der Waals surface area (Å²) in [7, 11) is 1.74. The number of nitrogen functional groups attached to an aromatic ring is 1. The average molecular weight is 278 g/mol. The third kappa shape index (κ3) is 4.46. The van der Waals surface area contributed by atoms with Crippen LogP contribution in [0.4, 0.5) is 11.4 Å². The number of rotatable bonds is 6. The number of hydrogen-bond acceptors (Lipinski definition) is 4. The fraction of sp³-hybridized carbons (Fsp3) is 0.429. The first kappa shape index (κ1) is 15.8. The van der Waals surface area contributed by atoms with E-state index in [0.29, 0.717) is 29.4 Å². The highest BCUT2D eigenvalue weighted by molar-refractivity contribution is 5.95. The van der Waals surface area contributed by atoms with E-state index in [-0.39, 0.29) is 12.5 Å². The highest BCUT2D eigenvalue weighted by Gasteiger charge is 2.12. The standard InChI is InChI=1S/C14H22N4O2/c1-9(2)7-17-13(19)8-18(3)12-6-10(14(16)20)4-5-11(12)15/h4-6,9H,7-8,15H2,1-3H3,(H2,16,20)(H,17,19). The van der Waals surface area contributed by atoms with Crippen molar-refractivity contribution in [3.05, 3.63) is 23.8 Å². The largest absolute Gasteiger partial charge is 0.397 e. The summed E-state index contributed by atoms with van der Waals surface area (Å²) in [5, 5.41) is 2.83. The molecule has 6 nitrogen and oxygen atoms in total. The van der Waals surface area contributed by atoms with E-state index in [9.17, 15) is 9.59 Å². The van der Waals surface area contributed by atoms with Crippen LogP contribution in [0.15, 0.2) is 18.2 Å². The zero-order valence-electron chi connectivity index (χ0n) is 12.1. The number of nitrogens with zero attached hydrogens (tertiary/aromatic N) is 1. The van der Waals surface area contributed by atoms with Crippen LogP contribution in [0, 0.1) is 5.92 Å². The predicted molar refractivity (Wildman–Crippen MR) is 80.5 cm³/mol. The molecule has 0 aliphatic rings. The maximum absolute atomic E-state index is 11.8. The van der Waals surface area contributed by atoms with Crippen LogP contribution >= 0.6 is 0 Å². The molecule has 0 fully saturated rings. The molecule has 0 aliphatic carbocycles. The van der Waals surface area contributed by atoms with Crippen LogP contribution in [0.1, 0.15) is 24.2 Å². The third-order valence-electron chi connectivity index (χ3n) is 2.81. The van der Waals surface area contributed by atoms with E-state index in [1.807, 2.05) is 13.8 Å². The fourth-order valence-corrected chi connectivity index (χ4v) is 1.70. The van der Waals surface area contributed by atoms with Crippen LogP contribution in [-0.4, -0.2) is 32.0 Å². The monoisotopic (exact) mass is 278 g/mol. The molecule has 0 aromatic heterocycles. The topological polar surface area (TPSA) is 101 Å². The summed E-state index contributed by atoms with van der Waals surface area (Å²) in [4.78, 5) is 24.6. The molecule has 5 N–H and O–H groups in total. The predicted octanol–water partition coefficient (Wildman–Crippen LogP) is 0.576. The number of primary amides is 1. The van der Waals surface area contributed by atoms with Crippen molar-refractivity contribution in [1.82, 2.24) is 5.32 Å². The normalized spacial score (nSPS) is 10.4. The summed E-state index contributed by atoms with van der Waals surface area (Å²) in [6, 6.07) is 4.76. The lowest BCUT2D eigenvalue weighted by molar-refractivity contribution is -0.119. The van der Waals surface area contributed by atoms with E-state index in [0.717, 1.165) is 0 Å². The van der Waals surface area contributed by atoms with Gasteiger partial charge in [-0.15, -0.1) is 0 Å². The summed E-state index contributed by atoms with van der Waals surface area (Å²) < 4.78 is 0. The molecule has 0 radical (unpaired) electrons. The smallest absolute Gasteiger partial charge is 0.248 e. The number of carbonyl (C=O) groups is 2. The molecule has 0 aliphatic heterocycles. The minimum absolute atomic E-state index is 0.0925. The Hall–Kier alpha value is -2.24. The molecule has 1 rings (SSSR count). The van der Waals surface area contributed by atoms with Crippen molar-refractivity contribution in [2.24, 2.45) is 11.7 Å². The van der Waals surface area contributed by atoms with Gasteiger partial charge in [-0.25, -0.2) is 0 Å². The van der Waals surface area contributed by atoms with E-state index >= 15 is 0 Å². The van der Waals surface area contributed by atoms with Crippen molar-refractivity contribution in [3.8, 4) is 0 Å². The first-order chi connectivity index (χ1) is 9.31. The van der Waals surface area contributed by atoms with Crippen LogP contribution in [0.5, 0.6) is 0 Å². The Labute approximate surface area is 119 Å². The molecule has 0 saturated carbocycles. The highest BCUT2D eigenvalue weighted by atomic mass is 16.2. The summed E-state index contributed by atoms with van der Waals surface area (Å²) >= 11 is 0. The van der Waals surface area contributed by atoms with Gasteiger partial charge in [0, 0.05) is 19.2 Å². The fourth-order valence-electron chi connectivity index (χ4n) is 1.70. The van der Waals surface area contributed by atoms with Crippen molar-refractivity contribution in [2.45, 2.75) is 13.8 Å². The maximum atomic E-state index is 11.8. The van der Waals surface area contributed by atoms with Gasteiger partial charge in [-0.05, 0) is 24.1 Å². The van der Waals surface area contributed by atoms with Gasteiger partial charge in [0.25, 0.3) is 0 Å². The van der Waals surface area contributed by atoms with Gasteiger partial charge in [-0.2, -0.15) is 0 Å². The second-order valence-corrected chi connectivity index (χ2v) is 5.19. The highest BCUT2D eigenvalue weighted by Crippen LogP contribution is 2.23. The maximum Gasteiger partial charge on any atom is 0.248 e. The Balaban J connectivity index is 2.76. The van der Waals surface area contributed by atoms with Crippen LogP contribution in [-0.2, 0) is 4.79 Å². The molecule has 0 bridgehead atoms. The first-order valence-electron chi connectivity index (χ1n) is 6.48. The summed E-state index contributed by atoms with van der Waals surface area (Å²) in [6.45, 7) is 4.85. The summed E-state index contributed by atoms with van der Waals surface area (Å²) in [5.41, 5.74) is 12.6. The van der Waals surface area contributed by atoms with Crippen molar-refractivity contribution in [1.29, 1.82) is 0 Å². The number of anilines is 2. The lowest BCUT2D eigenvalue weighted by Crippen LogP contribution is -2.37. The van der Waals surface area contributed by atoms with E-state index in [4.69, 9.17) is 11.5 Å². The average Bonchev–Trinajstić information content (AvgIpc) is 2.36. The number of nitrogens with two attached hydrogens (primary N) is 2. The second kappa shape index (κ2) is 6.79. The summed E-state index contributed by atoms with van der Waals surface area (Å²) in [6.07, 6.45) is 0. The van der Waals surface area contributed by atoms with E-state index in [1.54, 1.807) is 30.1 Å². The molecule has 6 heteroatoms. The Morgan fingerprint density at radius 2 is 2.00 bits per heavy atom. The molecule has 1 aromatic rings. The molecule has 0 heterocycles. The minimum atomic E-state index is -0.524. The molecular formula is C14H22N4O2. The van der Waals surface area contributed by atoms with Gasteiger partial charge in [-0.1, -0.05) is 13.8 Å². The van der Waals surface area contributed by atoms with Crippen molar-refractivity contribution in [3.63, 3.8) is 0 Å². The number of carbonyl (C=O) groups excluding carboxylic acids is 2. The third-order valence-corrected chi connectivity index (χ3v) is 2.81. The molecule has 2 amide bonds. The van der Waals surface area contributed by atoms with Crippen molar-refractivity contribution >= 4 is 23.2 Å². The molecule has 110 valence electrons. The minimum Gasteiger partial charge on any atom is -0.397 e. The zero-order chi connectivity index (χ0) is 15.3. The van der Waals surface area contributed by atoms with Crippen LogP contribution in [0.3, 0.4) is 0 Å². The van der Waals surface area contributed by atoms with Crippen LogP contribution < -0.4 is 21.7 Å².